The van der Waals surface area contributed by atoms with Crippen molar-refractivity contribution in [2.24, 2.45) is 0 Å². The molecule has 0 aromatic carbocycles. The first-order valence-corrected chi connectivity index (χ1v) is 4.97. The van der Waals surface area contributed by atoms with E-state index in [0.717, 1.165) is 6.42 Å². The molecule has 2 heterocycles. The van der Waals surface area contributed by atoms with E-state index in [-0.39, 0.29) is 0 Å². The zero-order valence-electron chi connectivity index (χ0n) is 6.87. The van der Waals surface area contributed by atoms with Crippen molar-refractivity contribution in [1.29, 1.82) is 0 Å². The van der Waals surface area contributed by atoms with Gasteiger partial charge in [0, 0.05) is 29.3 Å². The normalized spacial score (nSPS) is 15.9. The van der Waals surface area contributed by atoms with Gasteiger partial charge in [-0.3, -0.25) is 4.68 Å². The molecule has 0 saturated heterocycles. The largest absolute Gasteiger partial charge is 0.269 e. The highest BCUT2D eigenvalue weighted by Crippen LogP contribution is 2.30. The second kappa shape index (κ2) is 2.55. The molecular weight excluding hydrogens is 156 g/mol. The molecule has 0 unspecified atom stereocenters. The Bertz CT molecular complexity index is 244. The van der Waals surface area contributed by atoms with Gasteiger partial charge in [-0.2, -0.15) is 5.10 Å². The molecule has 0 radical (unpaired) electrons. The van der Waals surface area contributed by atoms with Gasteiger partial charge in [-0.15, -0.1) is 11.8 Å². The van der Waals surface area contributed by atoms with E-state index >= 15 is 0 Å². The molecule has 0 saturated carbocycles. The molecule has 1 aromatic heterocycles. The van der Waals surface area contributed by atoms with E-state index in [0.29, 0.717) is 6.04 Å². The molecule has 0 atom stereocenters. The van der Waals surface area contributed by atoms with E-state index in [9.17, 15) is 0 Å². The summed E-state index contributed by atoms with van der Waals surface area (Å²) in [4.78, 5) is 1.39. The SMILES string of the molecule is CC(C)n1cc2c(n1)CCS2. The maximum Gasteiger partial charge on any atom is 0.0768 e. The van der Waals surface area contributed by atoms with Crippen LogP contribution in [0.2, 0.25) is 0 Å². The number of hydrogen-bond donors (Lipinski definition) is 0. The van der Waals surface area contributed by atoms with Crippen LogP contribution in [0.4, 0.5) is 0 Å². The molecule has 0 bridgehead atoms. The van der Waals surface area contributed by atoms with Crippen LogP contribution >= 0.6 is 11.8 Å². The van der Waals surface area contributed by atoms with Crippen molar-refractivity contribution in [2.75, 3.05) is 5.75 Å². The van der Waals surface area contributed by atoms with Crippen LogP contribution in [0.3, 0.4) is 0 Å². The predicted octanol–water partition coefficient (Wildman–Crippen LogP) is 2.11. The second-order valence-corrected chi connectivity index (χ2v) is 4.25. The lowest BCUT2D eigenvalue weighted by molar-refractivity contribution is 0.526. The van der Waals surface area contributed by atoms with Crippen molar-refractivity contribution in [3.05, 3.63) is 11.9 Å². The highest BCUT2D eigenvalue weighted by molar-refractivity contribution is 7.99. The summed E-state index contributed by atoms with van der Waals surface area (Å²) in [6.45, 7) is 4.32. The average molecular weight is 168 g/mol. The highest BCUT2D eigenvalue weighted by Gasteiger charge is 2.16. The Morgan fingerprint density at radius 3 is 3.09 bits per heavy atom. The summed E-state index contributed by atoms with van der Waals surface area (Å²) >= 11 is 1.92. The van der Waals surface area contributed by atoms with E-state index in [4.69, 9.17) is 0 Å². The minimum Gasteiger partial charge on any atom is -0.269 e. The fraction of sp³-hybridized carbons (Fsp3) is 0.625. The van der Waals surface area contributed by atoms with Crippen molar-refractivity contribution in [3.63, 3.8) is 0 Å². The molecule has 60 valence electrons. The quantitative estimate of drug-likeness (QED) is 0.639. The summed E-state index contributed by atoms with van der Waals surface area (Å²) in [6.07, 6.45) is 3.32. The standard InChI is InChI=1S/C8H12N2S/c1-6(2)10-5-8-7(9-10)3-4-11-8/h5-6H,3-4H2,1-2H3. The maximum atomic E-state index is 4.49. The molecule has 3 heteroatoms. The predicted molar refractivity (Wildman–Crippen MR) is 47.0 cm³/mol. The number of aryl methyl sites for hydroxylation is 1. The summed E-state index contributed by atoms with van der Waals surface area (Å²) in [6, 6.07) is 0.501. The number of aromatic nitrogens is 2. The average Bonchev–Trinajstić information content (AvgIpc) is 2.40. The van der Waals surface area contributed by atoms with E-state index < -0.39 is 0 Å². The number of rotatable bonds is 1. The summed E-state index contributed by atoms with van der Waals surface area (Å²) in [5.41, 5.74) is 1.30. The van der Waals surface area contributed by atoms with Gasteiger partial charge in [0.15, 0.2) is 0 Å². The smallest absolute Gasteiger partial charge is 0.0768 e. The van der Waals surface area contributed by atoms with Crippen LogP contribution in [0.1, 0.15) is 25.6 Å². The summed E-state index contributed by atoms with van der Waals surface area (Å²) in [5, 5.41) is 4.49. The molecule has 0 spiro atoms. The van der Waals surface area contributed by atoms with Crippen LogP contribution in [0.15, 0.2) is 11.1 Å². The molecule has 1 aliphatic heterocycles. The van der Waals surface area contributed by atoms with Crippen molar-refractivity contribution < 1.29 is 0 Å². The lowest BCUT2D eigenvalue weighted by Crippen LogP contribution is -2.01. The van der Waals surface area contributed by atoms with Gasteiger partial charge in [-0.05, 0) is 13.8 Å². The van der Waals surface area contributed by atoms with Gasteiger partial charge in [0.2, 0.25) is 0 Å². The van der Waals surface area contributed by atoms with Crippen LogP contribution in [0.5, 0.6) is 0 Å². The van der Waals surface area contributed by atoms with Crippen molar-refractivity contribution >= 4 is 11.8 Å². The molecule has 0 aliphatic carbocycles. The molecule has 2 rings (SSSR count). The van der Waals surface area contributed by atoms with Crippen LogP contribution < -0.4 is 0 Å². The molecule has 1 aliphatic rings. The fourth-order valence-corrected chi connectivity index (χ4v) is 2.24. The molecule has 0 N–H and O–H groups in total. The van der Waals surface area contributed by atoms with E-state index in [2.05, 4.69) is 29.8 Å². The minimum absolute atomic E-state index is 0.501. The van der Waals surface area contributed by atoms with Crippen molar-refractivity contribution in [2.45, 2.75) is 31.2 Å². The van der Waals surface area contributed by atoms with Gasteiger partial charge in [0.05, 0.1) is 5.69 Å². The van der Waals surface area contributed by atoms with E-state index in [1.54, 1.807) is 0 Å². The summed E-state index contributed by atoms with van der Waals surface area (Å²) in [5.74, 6) is 1.22. The third-order valence-corrected chi connectivity index (χ3v) is 2.96. The Balaban J connectivity index is 2.34. The first kappa shape index (κ1) is 7.22. The maximum absolute atomic E-state index is 4.49. The van der Waals surface area contributed by atoms with Gasteiger partial charge >= 0.3 is 0 Å². The molecule has 0 fully saturated rings. The van der Waals surface area contributed by atoms with Crippen LogP contribution in [0.25, 0.3) is 0 Å². The third kappa shape index (κ3) is 1.18. The Hall–Kier alpha value is -0.440. The number of nitrogens with zero attached hydrogens (tertiary/aromatic N) is 2. The Labute approximate surface area is 71.0 Å². The molecular formula is C8H12N2S. The first-order chi connectivity index (χ1) is 5.27. The van der Waals surface area contributed by atoms with Crippen LogP contribution in [-0.2, 0) is 6.42 Å². The van der Waals surface area contributed by atoms with Crippen molar-refractivity contribution in [3.8, 4) is 0 Å². The van der Waals surface area contributed by atoms with Gasteiger partial charge in [0.25, 0.3) is 0 Å². The Morgan fingerprint density at radius 1 is 1.64 bits per heavy atom. The molecule has 1 aromatic rings. The Morgan fingerprint density at radius 2 is 2.45 bits per heavy atom. The van der Waals surface area contributed by atoms with E-state index in [1.807, 2.05) is 11.8 Å². The topological polar surface area (TPSA) is 17.8 Å². The highest BCUT2D eigenvalue weighted by atomic mass is 32.2. The van der Waals surface area contributed by atoms with E-state index in [1.165, 1.54) is 16.3 Å². The minimum atomic E-state index is 0.501. The fourth-order valence-electron chi connectivity index (χ4n) is 1.23. The molecule has 2 nitrogen and oxygen atoms in total. The lowest BCUT2D eigenvalue weighted by atomic mass is 10.3. The molecule has 11 heavy (non-hydrogen) atoms. The summed E-state index contributed by atoms with van der Waals surface area (Å²) in [7, 11) is 0. The van der Waals surface area contributed by atoms with Gasteiger partial charge < -0.3 is 0 Å². The van der Waals surface area contributed by atoms with Gasteiger partial charge in [-0.25, -0.2) is 0 Å². The van der Waals surface area contributed by atoms with Crippen LogP contribution in [-0.4, -0.2) is 15.5 Å². The lowest BCUT2D eigenvalue weighted by Gasteiger charge is -2.03. The van der Waals surface area contributed by atoms with Gasteiger partial charge in [-0.1, -0.05) is 0 Å². The monoisotopic (exact) mass is 168 g/mol. The van der Waals surface area contributed by atoms with Gasteiger partial charge in [0.1, 0.15) is 0 Å². The number of fused-ring (bicyclic) bond motifs is 1. The van der Waals surface area contributed by atoms with Crippen molar-refractivity contribution in [1.82, 2.24) is 9.78 Å². The Kier molecular flexibility index (Phi) is 1.68. The first-order valence-electron chi connectivity index (χ1n) is 3.98. The van der Waals surface area contributed by atoms with Crippen LogP contribution in [0, 0.1) is 0 Å². The number of hydrogen-bond acceptors (Lipinski definition) is 2. The summed E-state index contributed by atoms with van der Waals surface area (Å²) < 4.78 is 2.05. The zero-order chi connectivity index (χ0) is 7.84. The third-order valence-electron chi connectivity index (χ3n) is 1.90. The number of thioether (sulfide) groups is 1. The second-order valence-electron chi connectivity index (χ2n) is 3.11. The molecule has 0 amide bonds. The zero-order valence-corrected chi connectivity index (χ0v) is 7.69.